The van der Waals surface area contributed by atoms with E-state index in [0.717, 1.165) is 11.4 Å². The zero-order chi connectivity index (χ0) is 20.3. The molecule has 146 valence electrons. The molecule has 0 bridgehead atoms. The molecule has 3 heterocycles. The highest BCUT2D eigenvalue weighted by molar-refractivity contribution is 5.95. The van der Waals surface area contributed by atoms with E-state index < -0.39 is 11.5 Å². The van der Waals surface area contributed by atoms with Gasteiger partial charge in [-0.3, -0.25) is 18.8 Å². The molecule has 0 atom stereocenters. The third-order valence-electron chi connectivity index (χ3n) is 4.45. The third-order valence-corrected chi connectivity index (χ3v) is 4.45. The average Bonchev–Trinajstić information content (AvgIpc) is 2.99. The number of hydrogen-bond acceptors (Lipinski definition) is 5. The Labute approximate surface area is 162 Å². The molecule has 0 saturated carbocycles. The fourth-order valence-electron chi connectivity index (χ4n) is 3.01. The molecule has 0 aromatic carbocycles. The number of aromatic nitrogens is 4. The summed E-state index contributed by atoms with van der Waals surface area (Å²) >= 11 is 0. The van der Waals surface area contributed by atoms with Crippen LogP contribution in [-0.4, -0.2) is 38.9 Å². The van der Waals surface area contributed by atoms with Crippen molar-refractivity contribution in [3.63, 3.8) is 0 Å². The van der Waals surface area contributed by atoms with Gasteiger partial charge in [0, 0.05) is 24.5 Å². The lowest BCUT2D eigenvalue weighted by atomic mass is 10.1. The van der Waals surface area contributed by atoms with Crippen LogP contribution in [0.25, 0.3) is 5.69 Å². The molecule has 3 aromatic rings. The summed E-state index contributed by atoms with van der Waals surface area (Å²) in [6.07, 6.45) is 3.16. The minimum absolute atomic E-state index is 0.117. The first-order chi connectivity index (χ1) is 13.4. The van der Waals surface area contributed by atoms with Gasteiger partial charge in [-0.1, -0.05) is 0 Å². The zero-order valence-corrected chi connectivity index (χ0v) is 16.4. The Morgan fingerprint density at radius 2 is 2.00 bits per heavy atom. The minimum atomic E-state index is -0.403. The van der Waals surface area contributed by atoms with E-state index in [1.165, 1.54) is 17.9 Å². The van der Waals surface area contributed by atoms with Crippen molar-refractivity contribution in [1.29, 1.82) is 0 Å². The Hall–Kier alpha value is -3.42. The highest BCUT2D eigenvalue weighted by atomic mass is 16.5. The van der Waals surface area contributed by atoms with Crippen LogP contribution in [0.2, 0.25) is 0 Å². The Morgan fingerprint density at radius 3 is 2.61 bits per heavy atom. The van der Waals surface area contributed by atoms with Crippen molar-refractivity contribution in [3.8, 4) is 11.6 Å². The molecule has 0 unspecified atom stereocenters. The average molecular weight is 381 g/mol. The summed E-state index contributed by atoms with van der Waals surface area (Å²) < 4.78 is 8.26. The Kier molecular flexibility index (Phi) is 5.58. The van der Waals surface area contributed by atoms with Crippen LogP contribution in [0, 0.1) is 20.8 Å². The van der Waals surface area contributed by atoms with Gasteiger partial charge in [0.1, 0.15) is 5.56 Å². The lowest BCUT2D eigenvalue weighted by Gasteiger charge is -2.12. The van der Waals surface area contributed by atoms with E-state index in [9.17, 15) is 9.59 Å². The summed E-state index contributed by atoms with van der Waals surface area (Å²) in [7, 11) is 1.52. The van der Waals surface area contributed by atoms with Crippen LogP contribution in [-0.2, 0) is 6.54 Å². The van der Waals surface area contributed by atoms with Gasteiger partial charge in [-0.05, 0) is 44.5 Å². The second-order valence-corrected chi connectivity index (χ2v) is 6.51. The first kappa shape index (κ1) is 19.3. The molecule has 3 rings (SSSR count). The van der Waals surface area contributed by atoms with Gasteiger partial charge >= 0.3 is 0 Å². The SMILES string of the molecule is COc1ccc(-n2ccc(C)c(C(=O)NCCn3nc(C)cc3C)c2=O)cn1. The first-order valence-electron chi connectivity index (χ1n) is 8.92. The molecule has 1 amide bonds. The van der Waals surface area contributed by atoms with Gasteiger partial charge < -0.3 is 10.1 Å². The van der Waals surface area contributed by atoms with Crippen molar-refractivity contribution in [3.05, 3.63) is 69.5 Å². The molecular formula is C20H23N5O3. The number of amides is 1. The summed E-state index contributed by atoms with van der Waals surface area (Å²) in [5, 5.41) is 7.18. The van der Waals surface area contributed by atoms with Gasteiger partial charge in [-0.2, -0.15) is 5.10 Å². The lowest BCUT2D eigenvalue weighted by molar-refractivity contribution is 0.0949. The van der Waals surface area contributed by atoms with Crippen molar-refractivity contribution in [2.24, 2.45) is 0 Å². The topological polar surface area (TPSA) is 91.0 Å². The number of nitrogens with zero attached hydrogens (tertiary/aromatic N) is 4. The largest absolute Gasteiger partial charge is 0.481 e. The van der Waals surface area contributed by atoms with Crippen LogP contribution in [0.1, 0.15) is 27.3 Å². The molecule has 3 aromatic heterocycles. The van der Waals surface area contributed by atoms with Gasteiger partial charge in [0.05, 0.1) is 31.2 Å². The zero-order valence-electron chi connectivity index (χ0n) is 16.4. The minimum Gasteiger partial charge on any atom is -0.481 e. The maximum Gasteiger partial charge on any atom is 0.268 e. The molecule has 0 fully saturated rings. The molecule has 0 spiro atoms. The number of pyridine rings is 2. The van der Waals surface area contributed by atoms with E-state index >= 15 is 0 Å². The highest BCUT2D eigenvalue weighted by Gasteiger charge is 2.16. The maximum atomic E-state index is 12.9. The standard InChI is InChI=1S/C20H23N5O3/c1-13-7-9-24(16-5-6-17(28-4)22-12-16)20(27)18(13)19(26)21-8-10-25-15(3)11-14(2)23-25/h5-7,9,11-12H,8,10H2,1-4H3,(H,21,26). The van der Waals surface area contributed by atoms with Crippen LogP contribution in [0.5, 0.6) is 5.88 Å². The van der Waals surface area contributed by atoms with Gasteiger partial charge in [-0.25, -0.2) is 4.98 Å². The molecular weight excluding hydrogens is 358 g/mol. The van der Waals surface area contributed by atoms with E-state index in [2.05, 4.69) is 15.4 Å². The second-order valence-electron chi connectivity index (χ2n) is 6.51. The molecule has 0 aliphatic heterocycles. The Balaban J connectivity index is 1.79. The third kappa shape index (κ3) is 3.95. The van der Waals surface area contributed by atoms with E-state index in [1.807, 2.05) is 24.6 Å². The first-order valence-corrected chi connectivity index (χ1v) is 8.92. The van der Waals surface area contributed by atoms with Crippen LogP contribution in [0.15, 0.2) is 41.5 Å². The molecule has 0 aliphatic carbocycles. The summed E-state index contributed by atoms with van der Waals surface area (Å²) in [6.45, 7) is 6.54. The number of hydrogen-bond donors (Lipinski definition) is 1. The van der Waals surface area contributed by atoms with Crippen LogP contribution < -0.4 is 15.6 Å². The fourth-order valence-corrected chi connectivity index (χ4v) is 3.01. The van der Waals surface area contributed by atoms with Crippen molar-refractivity contribution < 1.29 is 9.53 Å². The fraction of sp³-hybridized carbons (Fsp3) is 0.300. The second kappa shape index (κ2) is 8.08. The molecule has 0 saturated heterocycles. The van der Waals surface area contributed by atoms with E-state index in [0.29, 0.717) is 30.2 Å². The smallest absolute Gasteiger partial charge is 0.268 e. The Morgan fingerprint density at radius 1 is 1.21 bits per heavy atom. The van der Waals surface area contributed by atoms with Crippen molar-refractivity contribution in [1.82, 2.24) is 24.6 Å². The van der Waals surface area contributed by atoms with E-state index in [-0.39, 0.29) is 5.56 Å². The molecule has 0 aliphatic rings. The molecule has 8 nitrogen and oxygen atoms in total. The summed E-state index contributed by atoms with van der Waals surface area (Å²) in [5.74, 6) is 0.0471. The number of carbonyl (C=O) groups excluding carboxylic acids is 1. The molecule has 28 heavy (non-hydrogen) atoms. The van der Waals surface area contributed by atoms with Crippen molar-refractivity contribution in [2.75, 3.05) is 13.7 Å². The molecule has 1 N–H and O–H groups in total. The highest BCUT2D eigenvalue weighted by Crippen LogP contribution is 2.11. The lowest BCUT2D eigenvalue weighted by Crippen LogP contribution is -2.35. The van der Waals surface area contributed by atoms with Gasteiger partial charge in [-0.15, -0.1) is 0 Å². The van der Waals surface area contributed by atoms with Crippen LogP contribution in [0.4, 0.5) is 0 Å². The number of nitrogens with one attached hydrogen (secondary N) is 1. The van der Waals surface area contributed by atoms with Gasteiger partial charge in [0.25, 0.3) is 11.5 Å². The number of aryl methyl sites for hydroxylation is 3. The number of rotatable bonds is 6. The van der Waals surface area contributed by atoms with Gasteiger partial charge in [0.15, 0.2) is 0 Å². The van der Waals surface area contributed by atoms with E-state index in [4.69, 9.17) is 4.74 Å². The summed E-state index contributed by atoms with van der Waals surface area (Å²) in [5.41, 5.74) is 2.85. The van der Waals surface area contributed by atoms with Crippen molar-refractivity contribution in [2.45, 2.75) is 27.3 Å². The quantitative estimate of drug-likeness (QED) is 0.703. The van der Waals surface area contributed by atoms with Crippen LogP contribution >= 0.6 is 0 Å². The number of ether oxygens (including phenoxy) is 1. The number of methoxy groups -OCH3 is 1. The predicted octanol–water partition coefficient (Wildman–Crippen LogP) is 1.79. The molecule has 0 radical (unpaired) electrons. The maximum absolute atomic E-state index is 12.9. The van der Waals surface area contributed by atoms with Crippen LogP contribution in [0.3, 0.4) is 0 Å². The summed E-state index contributed by atoms with van der Waals surface area (Å²) in [4.78, 5) is 29.7. The normalized spacial score (nSPS) is 10.7. The summed E-state index contributed by atoms with van der Waals surface area (Å²) in [6, 6.07) is 7.09. The predicted molar refractivity (Wildman–Crippen MR) is 105 cm³/mol. The van der Waals surface area contributed by atoms with Crippen molar-refractivity contribution >= 4 is 5.91 Å². The Bertz CT molecular complexity index is 1050. The monoisotopic (exact) mass is 381 g/mol. The molecule has 8 heteroatoms. The van der Waals surface area contributed by atoms with E-state index in [1.54, 1.807) is 31.3 Å². The number of carbonyl (C=O) groups is 1. The van der Waals surface area contributed by atoms with Gasteiger partial charge in [0.2, 0.25) is 5.88 Å².